The molecular formula is C26H37NO2. The van der Waals surface area contributed by atoms with Crippen molar-refractivity contribution in [1.82, 2.24) is 0 Å². The highest BCUT2D eigenvalue weighted by atomic mass is 16.3. The maximum atomic E-state index is 11.3. The molecule has 0 radical (unpaired) electrons. The minimum Gasteiger partial charge on any atom is -0.507 e. The highest BCUT2D eigenvalue weighted by Crippen LogP contribution is 2.44. The Labute approximate surface area is 176 Å². The summed E-state index contributed by atoms with van der Waals surface area (Å²) < 4.78 is 0. The molecule has 29 heavy (non-hydrogen) atoms. The summed E-state index contributed by atoms with van der Waals surface area (Å²) in [6.45, 7) is 17.0. The zero-order valence-electron chi connectivity index (χ0n) is 19.2. The number of aliphatic hydroxyl groups is 1. The van der Waals surface area contributed by atoms with Gasteiger partial charge in [0.05, 0.1) is 12.6 Å². The molecule has 0 unspecified atom stereocenters. The van der Waals surface area contributed by atoms with Crippen LogP contribution in [-0.2, 0) is 10.8 Å². The molecule has 0 aliphatic heterocycles. The van der Waals surface area contributed by atoms with Crippen molar-refractivity contribution in [3.8, 4) is 16.9 Å². The number of benzene rings is 2. The fourth-order valence-electron chi connectivity index (χ4n) is 3.50. The summed E-state index contributed by atoms with van der Waals surface area (Å²) in [5, 5.41) is 21.0. The zero-order chi connectivity index (χ0) is 22.0. The van der Waals surface area contributed by atoms with Crippen LogP contribution in [0, 0.1) is 5.92 Å². The second kappa shape index (κ2) is 8.71. The van der Waals surface area contributed by atoms with Gasteiger partial charge in [0.15, 0.2) is 0 Å². The number of phenols is 1. The Hall–Kier alpha value is -2.13. The molecule has 0 aliphatic rings. The highest BCUT2D eigenvalue weighted by Gasteiger charge is 2.29. The molecule has 0 aliphatic carbocycles. The Morgan fingerprint density at radius 3 is 1.93 bits per heavy atom. The third-order valence-electron chi connectivity index (χ3n) is 5.37. The van der Waals surface area contributed by atoms with Gasteiger partial charge in [0.25, 0.3) is 0 Å². The first-order valence-electron chi connectivity index (χ1n) is 10.5. The quantitative estimate of drug-likeness (QED) is 0.602. The second-order valence-electron chi connectivity index (χ2n) is 10.2. The number of hydrogen-bond donors (Lipinski definition) is 2. The van der Waals surface area contributed by atoms with Crippen LogP contribution in [0.4, 0.5) is 0 Å². The summed E-state index contributed by atoms with van der Waals surface area (Å²) in [5.74, 6) is 0.486. The first-order chi connectivity index (χ1) is 13.4. The van der Waals surface area contributed by atoms with Crippen LogP contribution in [0.1, 0.15) is 72.1 Å². The van der Waals surface area contributed by atoms with E-state index in [1.165, 1.54) is 5.56 Å². The number of phenolic OH excluding ortho intramolecular Hbond substituents is 1. The van der Waals surface area contributed by atoms with Gasteiger partial charge in [-0.25, -0.2) is 0 Å². The summed E-state index contributed by atoms with van der Waals surface area (Å²) in [5.41, 5.74) is 4.55. The second-order valence-corrected chi connectivity index (χ2v) is 10.2. The molecule has 3 nitrogen and oxygen atoms in total. The van der Waals surface area contributed by atoms with Gasteiger partial charge in [-0.2, -0.15) is 0 Å². The molecule has 0 spiro atoms. The molecule has 2 rings (SSSR count). The van der Waals surface area contributed by atoms with Crippen molar-refractivity contribution in [3.05, 3.63) is 53.1 Å². The maximum Gasteiger partial charge on any atom is 0.128 e. The summed E-state index contributed by atoms with van der Waals surface area (Å²) in [7, 11) is 0. The molecule has 2 aromatic carbocycles. The molecule has 3 heteroatoms. The number of aliphatic imine (C=N–C) groups is 1. The first kappa shape index (κ1) is 23.2. The average Bonchev–Trinajstić information content (AvgIpc) is 2.61. The molecule has 2 N–H and O–H groups in total. The zero-order valence-corrected chi connectivity index (χ0v) is 19.2. The van der Waals surface area contributed by atoms with Gasteiger partial charge < -0.3 is 10.2 Å². The van der Waals surface area contributed by atoms with Crippen LogP contribution < -0.4 is 0 Å². The minimum absolute atomic E-state index is 0.0132. The average molecular weight is 396 g/mol. The molecular weight excluding hydrogens is 358 g/mol. The van der Waals surface area contributed by atoms with Crippen LogP contribution in [0.25, 0.3) is 11.1 Å². The number of nitrogens with zero attached hydrogens (tertiary/aromatic N) is 1. The van der Waals surface area contributed by atoms with Gasteiger partial charge in [-0.05, 0) is 33.4 Å². The van der Waals surface area contributed by atoms with Gasteiger partial charge in [-0.15, -0.1) is 0 Å². The van der Waals surface area contributed by atoms with Crippen LogP contribution in [0.5, 0.6) is 5.75 Å². The molecule has 0 saturated heterocycles. The molecule has 2 aromatic rings. The smallest absolute Gasteiger partial charge is 0.128 e. The summed E-state index contributed by atoms with van der Waals surface area (Å²) in [4.78, 5) is 4.67. The molecule has 1 atom stereocenters. The lowest BCUT2D eigenvalue weighted by atomic mass is 9.75. The molecule has 0 heterocycles. The van der Waals surface area contributed by atoms with E-state index in [0.717, 1.165) is 22.3 Å². The Morgan fingerprint density at radius 1 is 0.931 bits per heavy atom. The Balaban J connectivity index is 2.91. The van der Waals surface area contributed by atoms with Crippen LogP contribution >= 0.6 is 0 Å². The lowest BCUT2D eigenvalue weighted by Gasteiger charge is -2.30. The largest absolute Gasteiger partial charge is 0.507 e. The van der Waals surface area contributed by atoms with Crippen molar-refractivity contribution < 1.29 is 10.2 Å². The predicted molar refractivity (Wildman–Crippen MR) is 124 cm³/mol. The monoisotopic (exact) mass is 395 g/mol. The van der Waals surface area contributed by atoms with Gasteiger partial charge in [0.2, 0.25) is 0 Å². The molecule has 0 amide bonds. The third kappa shape index (κ3) is 5.27. The number of aromatic hydroxyl groups is 1. The summed E-state index contributed by atoms with van der Waals surface area (Å²) in [6.07, 6.45) is 1.77. The van der Waals surface area contributed by atoms with E-state index in [9.17, 15) is 10.2 Å². The van der Waals surface area contributed by atoms with Crippen molar-refractivity contribution in [3.63, 3.8) is 0 Å². The van der Waals surface area contributed by atoms with E-state index in [4.69, 9.17) is 0 Å². The van der Waals surface area contributed by atoms with E-state index in [1.807, 2.05) is 32.0 Å². The SMILES string of the molecule is CC(C)[C@@H](CO)N=Cc1c(O)c(C(C)(C)C)cc(C(C)(C)C)c1-c1ccccc1. The lowest BCUT2D eigenvalue weighted by Crippen LogP contribution is -2.20. The number of hydrogen-bond acceptors (Lipinski definition) is 3. The van der Waals surface area contributed by atoms with Gasteiger partial charge in [0.1, 0.15) is 5.75 Å². The van der Waals surface area contributed by atoms with E-state index in [2.05, 4.69) is 64.7 Å². The number of aliphatic hydroxyl groups excluding tert-OH is 1. The van der Waals surface area contributed by atoms with Crippen molar-refractivity contribution in [2.45, 2.75) is 72.3 Å². The van der Waals surface area contributed by atoms with E-state index in [0.29, 0.717) is 0 Å². The fraction of sp³-hybridized carbons (Fsp3) is 0.500. The van der Waals surface area contributed by atoms with Crippen molar-refractivity contribution >= 4 is 6.21 Å². The van der Waals surface area contributed by atoms with E-state index in [1.54, 1.807) is 6.21 Å². The minimum atomic E-state index is -0.212. The van der Waals surface area contributed by atoms with Gasteiger partial charge in [-0.3, -0.25) is 4.99 Å². The normalized spacial score (nSPS) is 14.0. The molecule has 0 bridgehead atoms. The van der Waals surface area contributed by atoms with E-state index in [-0.39, 0.29) is 35.1 Å². The highest BCUT2D eigenvalue weighted by molar-refractivity contribution is 5.96. The van der Waals surface area contributed by atoms with Crippen LogP contribution in [0.15, 0.2) is 41.4 Å². The Kier molecular flexibility index (Phi) is 6.95. The van der Waals surface area contributed by atoms with E-state index < -0.39 is 0 Å². The van der Waals surface area contributed by atoms with Crippen molar-refractivity contribution in [1.29, 1.82) is 0 Å². The lowest BCUT2D eigenvalue weighted by molar-refractivity contribution is 0.240. The van der Waals surface area contributed by atoms with Gasteiger partial charge in [-0.1, -0.05) is 91.8 Å². The van der Waals surface area contributed by atoms with Gasteiger partial charge in [0, 0.05) is 17.3 Å². The van der Waals surface area contributed by atoms with Crippen LogP contribution in [0.2, 0.25) is 0 Å². The Bertz CT molecular complexity index is 853. The van der Waals surface area contributed by atoms with Crippen molar-refractivity contribution in [2.75, 3.05) is 6.61 Å². The topological polar surface area (TPSA) is 52.8 Å². The summed E-state index contributed by atoms with van der Waals surface area (Å²) in [6, 6.07) is 12.1. The van der Waals surface area contributed by atoms with E-state index >= 15 is 0 Å². The van der Waals surface area contributed by atoms with Crippen molar-refractivity contribution in [2.24, 2.45) is 10.9 Å². The predicted octanol–water partition coefficient (Wildman–Crippen LogP) is 6.09. The third-order valence-corrected chi connectivity index (χ3v) is 5.37. The van der Waals surface area contributed by atoms with Crippen LogP contribution in [-0.4, -0.2) is 29.1 Å². The van der Waals surface area contributed by atoms with Gasteiger partial charge >= 0.3 is 0 Å². The molecule has 0 saturated carbocycles. The standard InChI is InChI=1S/C26H37NO2/c1-17(2)22(16-28)27-15-19-23(18-12-10-9-11-13-18)20(25(3,4)5)14-21(24(19)29)26(6,7)8/h9-15,17,22,28-29H,16H2,1-8H3/t22-/m1/s1. The fourth-order valence-corrected chi connectivity index (χ4v) is 3.50. The number of rotatable bonds is 5. The van der Waals surface area contributed by atoms with Crippen LogP contribution in [0.3, 0.4) is 0 Å². The molecule has 158 valence electrons. The first-order valence-corrected chi connectivity index (χ1v) is 10.5. The molecule has 0 fully saturated rings. The summed E-state index contributed by atoms with van der Waals surface area (Å²) >= 11 is 0. The maximum absolute atomic E-state index is 11.3. The Morgan fingerprint density at radius 2 is 1.48 bits per heavy atom. The molecule has 0 aromatic heterocycles.